The molecule has 6 nitrogen and oxygen atoms in total. The molecule has 1 aromatic heterocycles. The van der Waals surface area contributed by atoms with Gasteiger partial charge in [-0.25, -0.2) is 4.98 Å². The Bertz CT molecular complexity index is 813. The summed E-state index contributed by atoms with van der Waals surface area (Å²) in [5.41, 5.74) is -0.00971. The first-order valence-electron chi connectivity index (χ1n) is 7.35. The minimum Gasteiger partial charge on any atom is -0.347 e. The lowest BCUT2D eigenvalue weighted by Gasteiger charge is -2.10. The normalized spacial score (nSPS) is 18.0. The van der Waals surface area contributed by atoms with Crippen LogP contribution in [0.2, 0.25) is 0 Å². The molecule has 128 valence electrons. The number of amides is 2. The topological polar surface area (TPSA) is 76.0 Å². The number of carbonyl (C=O) groups is 2. The van der Waals surface area contributed by atoms with E-state index < -0.39 is 17.8 Å². The van der Waals surface area contributed by atoms with Crippen molar-refractivity contribution in [2.75, 3.05) is 0 Å². The molecular formula is C15H15F3N4O2. The fourth-order valence-corrected chi connectivity index (χ4v) is 2.68. The molecule has 0 unspecified atom stereocenters. The first kappa shape index (κ1) is 16.3. The molecule has 2 aromatic rings. The van der Waals surface area contributed by atoms with Crippen molar-refractivity contribution in [1.29, 1.82) is 0 Å². The highest BCUT2D eigenvalue weighted by Gasteiger charge is 2.31. The van der Waals surface area contributed by atoms with Gasteiger partial charge in [-0.2, -0.15) is 13.2 Å². The molecule has 2 amide bonds. The Labute approximate surface area is 135 Å². The van der Waals surface area contributed by atoms with Crippen molar-refractivity contribution < 1.29 is 22.8 Å². The maximum atomic E-state index is 12.8. The highest BCUT2D eigenvalue weighted by Crippen LogP contribution is 2.31. The minimum atomic E-state index is -4.43. The number of rotatable bonds is 3. The van der Waals surface area contributed by atoms with Crippen LogP contribution in [0.5, 0.6) is 0 Å². The molecule has 1 saturated heterocycles. The molecule has 2 N–H and O–H groups in total. The van der Waals surface area contributed by atoms with Crippen molar-refractivity contribution in [1.82, 2.24) is 20.2 Å². The van der Waals surface area contributed by atoms with Gasteiger partial charge in [-0.05, 0) is 24.6 Å². The summed E-state index contributed by atoms with van der Waals surface area (Å²) in [6, 6.07) is 2.77. The lowest BCUT2D eigenvalue weighted by atomic mass is 10.2. The largest absolute Gasteiger partial charge is 0.416 e. The van der Waals surface area contributed by atoms with Crippen molar-refractivity contribution in [2.24, 2.45) is 7.05 Å². The van der Waals surface area contributed by atoms with Crippen LogP contribution in [0.25, 0.3) is 11.0 Å². The van der Waals surface area contributed by atoms with Crippen LogP contribution in [0, 0.1) is 0 Å². The summed E-state index contributed by atoms with van der Waals surface area (Å²) in [5.74, 6) is -0.0663. The van der Waals surface area contributed by atoms with Crippen LogP contribution in [0.4, 0.5) is 13.2 Å². The molecule has 24 heavy (non-hydrogen) atoms. The van der Waals surface area contributed by atoms with E-state index in [1.54, 1.807) is 11.6 Å². The third-order valence-electron chi connectivity index (χ3n) is 4.03. The van der Waals surface area contributed by atoms with Crippen LogP contribution in [-0.4, -0.2) is 27.4 Å². The van der Waals surface area contributed by atoms with E-state index >= 15 is 0 Å². The highest BCUT2D eigenvalue weighted by atomic mass is 19.4. The molecular weight excluding hydrogens is 325 g/mol. The standard InChI is InChI=1S/C15H15F3N4O2/c1-22-11-4-2-8(15(16,17)18)6-10(11)20-12(22)7-19-14(24)9-3-5-13(23)21-9/h2,4,6,9H,3,5,7H2,1H3,(H,19,24)(H,21,23)/t9-/m0/s1. The molecule has 3 rings (SSSR count). The second kappa shape index (κ2) is 5.81. The molecule has 1 fully saturated rings. The van der Waals surface area contributed by atoms with Crippen LogP contribution in [0.3, 0.4) is 0 Å². The minimum absolute atomic E-state index is 0.0672. The van der Waals surface area contributed by atoms with Gasteiger partial charge in [-0.15, -0.1) is 0 Å². The zero-order valence-corrected chi connectivity index (χ0v) is 12.8. The Morgan fingerprint density at radius 1 is 1.46 bits per heavy atom. The second-order valence-electron chi connectivity index (χ2n) is 5.66. The summed E-state index contributed by atoms with van der Waals surface area (Å²) in [6.45, 7) is 0.0672. The zero-order valence-electron chi connectivity index (χ0n) is 12.8. The van der Waals surface area contributed by atoms with Crippen LogP contribution in [-0.2, 0) is 29.4 Å². The number of nitrogens with zero attached hydrogens (tertiary/aromatic N) is 2. The van der Waals surface area contributed by atoms with E-state index in [0.29, 0.717) is 24.2 Å². The maximum Gasteiger partial charge on any atom is 0.416 e. The number of nitrogens with one attached hydrogen (secondary N) is 2. The second-order valence-corrected chi connectivity index (χ2v) is 5.66. The molecule has 0 spiro atoms. The Morgan fingerprint density at radius 2 is 2.21 bits per heavy atom. The van der Waals surface area contributed by atoms with Gasteiger partial charge in [0, 0.05) is 13.5 Å². The average Bonchev–Trinajstić information content (AvgIpc) is 3.08. The molecule has 0 saturated carbocycles. The molecule has 0 aliphatic carbocycles. The average molecular weight is 340 g/mol. The number of aryl methyl sites for hydroxylation is 1. The summed E-state index contributed by atoms with van der Waals surface area (Å²) in [6.07, 6.45) is -3.69. The lowest BCUT2D eigenvalue weighted by Crippen LogP contribution is -2.41. The van der Waals surface area contributed by atoms with Gasteiger partial charge >= 0.3 is 6.18 Å². The van der Waals surface area contributed by atoms with Gasteiger partial charge < -0.3 is 15.2 Å². The summed E-state index contributed by atoms with van der Waals surface area (Å²) >= 11 is 0. The summed E-state index contributed by atoms with van der Waals surface area (Å²) in [5, 5.41) is 5.20. The third kappa shape index (κ3) is 3.06. The van der Waals surface area contributed by atoms with E-state index in [-0.39, 0.29) is 23.9 Å². The van der Waals surface area contributed by atoms with Gasteiger partial charge in [0.05, 0.1) is 23.1 Å². The van der Waals surface area contributed by atoms with Gasteiger partial charge in [-0.3, -0.25) is 9.59 Å². The number of hydrogen-bond donors (Lipinski definition) is 2. The first-order valence-corrected chi connectivity index (χ1v) is 7.35. The Hall–Kier alpha value is -2.58. The molecule has 2 heterocycles. The number of carbonyl (C=O) groups excluding carboxylic acids is 2. The summed E-state index contributed by atoms with van der Waals surface area (Å²) < 4.78 is 39.9. The van der Waals surface area contributed by atoms with E-state index in [4.69, 9.17) is 0 Å². The van der Waals surface area contributed by atoms with Crippen molar-refractivity contribution in [3.8, 4) is 0 Å². The highest BCUT2D eigenvalue weighted by molar-refractivity contribution is 5.90. The smallest absolute Gasteiger partial charge is 0.347 e. The van der Waals surface area contributed by atoms with Crippen LogP contribution in [0.1, 0.15) is 24.2 Å². The predicted molar refractivity (Wildman–Crippen MR) is 78.7 cm³/mol. The van der Waals surface area contributed by atoms with Crippen LogP contribution in [0.15, 0.2) is 18.2 Å². The number of benzene rings is 1. The molecule has 9 heteroatoms. The number of hydrogen-bond acceptors (Lipinski definition) is 3. The predicted octanol–water partition coefficient (Wildman–Crippen LogP) is 1.49. The SMILES string of the molecule is Cn1c(CNC(=O)[C@@H]2CCC(=O)N2)nc2cc(C(F)(F)F)ccc21. The van der Waals surface area contributed by atoms with E-state index in [0.717, 1.165) is 12.1 Å². The van der Waals surface area contributed by atoms with E-state index in [2.05, 4.69) is 15.6 Å². The van der Waals surface area contributed by atoms with Gasteiger partial charge in [0.25, 0.3) is 0 Å². The van der Waals surface area contributed by atoms with Gasteiger partial charge in [0.2, 0.25) is 11.8 Å². The molecule has 0 radical (unpaired) electrons. The van der Waals surface area contributed by atoms with Crippen molar-refractivity contribution in [3.05, 3.63) is 29.6 Å². The number of halogens is 3. The fourth-order valence-electron chi connectivity index (χ4n) is 2.68. The van der Waals surface area contributed by atoms with E-state index in [1.807, 2.05) is 0 Å². The molecule has 1 aromatic carbocycles. The Morgan fingerprint density at radius 3 is 2.83 bits per heavy atom. The van der Waals surface area contributed by atoms with Crippen molar-refractivity contribution in [2.45, 2.75) is 31.6 Å². The van der Waals surface area contributed by atoms with Gasteiger partial charge in [0.15, 0.2) is 0 Å². The third-order valence-corrected chi connectivity index (χ3v) is 4.03. The van der Waals surface area contributed by atoms with Gasteiger partial charge in [-0.1, -0.05) is 0 Å². The Balaban J connectivity index is 1.76. The monoisotopic (exact) mass is 340 g/mol. The first-order chi connectivity index (χ1) is 11.3. The molecule has 1 aliphatic heterocycles. The lowest BCUT2D eigenvalue weighted by molar-refractivity contribution is -0.137. The number of fused-ring (bicyclic) bond motifs is 1. The number of aromatic nitrogens is 2. The number of alkyl halides is 3. The number of imidazole rings is 1. The Kier molecular flexibility index (Phi) is 3.94. The van der Waals surface area contributed by atoms with Crippen LogP contribution < -0.4 is 10.6 Å². The van der Waals surface area contributed by atoms with Gasteiger partial charge in [0.1, 0.15) is 11.9 Å². The zero-order chi connectivity index (χ0) is 17.5. The molecule has 0 bridgehead atoms. The van der Waals surface area contributed by atoms with E-state index in [1.165, 1.54) is 6.07 Å². The van der Waals surface area contributed by atoms with Crippen molar-refractivity contribution in [3.63, 3.8) is 0 Å². The fraction of sp³-hybridized carbons (Fsp3) is 0.400. The van der Waals surface area contributed by atoms with E-state index in [9.17, 15) is 22.8 Å². The molecule has 1 atom stereocenters. The molecule has 1 aliphatic rings. The summed E-state index contributed by atoms with van der Waals surface area (Å²) in [4.78, 5) is 27.2. The van der Waals surface area contributed by atoms with Crippen molar-refractivity contribution >= 4 is 22.8 Å². The quantitative estimate of drug-likeness (QED) is 0.889. The van der Waals surface area contributed by atoms with Crippen LogP contribution >= 0.6 is 0 Å². The maximum absolute atomic E-state index is 12.8. The summed E-state index contributed by atoms with van der Waals surface area (Å²) in [7, 11) is 1.67.